The third-order valence-corrected chi connectivity index (χ3v) is 2.21. The lowest BCUT2D eigenvalue weighted by atomic mass is 10.2. The Morgan fingerprint density at radius 3 is 2.88 bits per heavy atom. The first-order chi connectivity index (χ1) is 7.59. The number of carboxylic acids is 1. The molecule has 0 saturated heterocycles. The summed E-state index contributed by atoms with van der Waals surface area (Å²) in [5, 5.41) is 11.2. The summed E-state index contributed by atoms with van der Waals surface area (Å²) in [7, 11) is 0. The number of hydrogen-bond acceptors (Lipinski definition) is 3. The Labute approximate surface area is 93.4 Å². The Morgan fingerprint density at radius 1 is 1.56 bits per heavy atom. The van der Waals surface area contributed by atoms with Crippen LogP contribution in [0.15, 0.2) is 22.8 Å². The summed E-state index contributed by atoms with van der Waals surface area (Å²) in [5.41, 5.74) is 0. The maximum absolute atomic E-state index is 11.3. The average Bonchev–Trinajstić information content (AvgIpc) is 2.75. The summed E-state index contributed by atoms with van der Waals surface area (Å²) in [6.07, 6.45) is 2.39. The summed E-state index contributed by atoms with van der Waals surface area (Å²) in [6.45, 7) is 1.71. The summed E-state index contributed by atoms with van der Waals surface area (Å²) in [6, 6.07) is 3.56. The zero-order chi connectivity index (χ0) is 12.0. The molecule has 5 nitrogen and oxygen atoms in total. The second kappa shape index (κ2) is 5.95. The van der Waals surface area contributed by atoms with E-state index in [1.54, 1.807) is 25.3 Å². The maximum Gasteiger partial charge on any atom is 0.308 e. The van der Waals surface area contributed by atoms with Gasteiger partial charge in [-0.2, -0.15) is 0 Å². The SMILES string of the molecule is CC(CNC(=O)CCc1ccco1)C(=O)O. The minimum atomic E-state index is -0.911. The van der Waals surface area contributed by atoms with Crippen LogP contribution in [0.25, 0.3) is 0 Å². The molecule has 88 valence electrons. The molecule has 5 heteroatoms. The highest BCUT2D eigenvalue weighted by Gasteiger charge is 2.12. The van der Waals surface area contributed by atoms with Crippen molar-refractivity contribution in [2.24, 2.45) is 5.92 Å². The van der Waals surface area contributed by atoms with Crippen LogP contribution in [0, 0.1) is 5.92 Å². The van der Waals surface area contributed by atoms with Crippen LogP contribution in [0.5, 0.6) is 0 Å². The van der Waals surface area contributed by atoms with E-state index in [1.807, 2.05) is 0 Å². The van der Waals surface area contributed by atoms with Crippen molar-refractivity contribution in [1.29, 1.82) is 0 Å². The largest absolute Gasteiger partial charge is 0.481 e. The maximum atomic E-state index is 11.3. The van der Waals surface area contributed by atoms with E-state index in [1.165, 1.54) is 0 Å². The summed E-state index contributed by atoms with van der Waals surface area (Å²) < 4.78 is 5.07. The molecule has 16 heavy (non-hydrogen) atoms. The highest BCUT2D eigenvalue weighted by Crippen LogP contribution is 2.03. The number of carboxylic acid groups (broad SMARTS) is 1. The van der Waals surface area contributed by atoms with Crippen LogP contribution < -0.4 is 5.32 Å². The van der Waals surface area contributed by atoms with E-state index in [4.69, 9.17) is 9.52 Å². The van der Waals surface area contributed by atoms with Gasteiger partial charge in [-0.05, 0) is 12.1 Å². The molecule has 1 rings (SSSR count). The average molecular weight is 225 g/mol. The molecule has 0 aromatic carbocycles. The molecule has 1 aromatic rings. The van der Waals surface area contributed by atoms with Gasteiger partial charge in [-0.1, -0.05) is 6.92 Å². The van der Waals surface area contributed by atoms with Gasteiger partial charge in [-0.3, -0.25) is 9.59 Å². The third-order valence-electron chi connectivity index (χ3n) is 2.21. The molecule has 0 fully saturated rings. The van der Waals surface area contributed by atoms with Crippen LogP contribution in [0.1, 0.15) is 19.1 Å². The number of amides is 1. The molecule has 0 aliphatic heterocycles. The number of nitrogens with one attached hydrogen (secondary N) is 1. The Kier molecular flexibility index (Phi) is 4.57. The van der Waals surface area contributed by atoms with Crippen LogP contribution >= 0.6 is 0 Å². The molecule has 1 atom stereocenters. The Balaban J connectivity index is 2.19. The van der Waals surface area contributed by atoms with E-state index in [9.17, 15) is 9.59 Å². The lowest BCUT2D eigenvalue weighted by Gasteiger charge is -2.07. The van der Waals surface area contributed by atoms with Gasteiger partial charge in [0, 0.05) is 19.4 Å². The van der Waals surface area contributed by atoms with Crippen LogP contribution in [-0.4, -0.2) is 23.5 Å². The van der Waals surface area contributed by atoms with E-state index in [-0.39, 0.29) is 12.5 Å². The zero-order valence-electron chi connectivity index (χ0n) is 9.10. The van der Waals surface area contributed by atoms with Gasteiger partial charge in [0.1, 0.15) is 5.76 Å². The number of hydrogen-bond donors (Lipinski definition) is 2. The predicted molar refractivity (Wildman–Crippen MR) is 56.8 cm³/mol. The fraction of sp³-hybridized carbons (Fsp3) is 0.455. The van der Waals surface area contributed by atoms with E-state index < -0.39 is 11.9 Å². The molecule has 2 N–H and O–H groups in total. The molecule has 0 aliphatic rings. The van der Waals surface area contributed by atoms with E-state index in [0.717, 1.165) is 5.76 Å². The topological polar surface area (TPSA) is 79.5 Å². The van der Waals surface area contributed by atoms with Gasteiger partial charge >= 0.3 is 5.97 Å². The number of furan rings is 1. The first-order valence-corrected chi connectivity index (χ1v) is 5.11. The smallest absolute Gasteiger partial charge is 0.308 e. The van der Waals surface area contributed by atoms with Crippen molar-refractivity contribution in [1.82, 2.24) is 5.32 Å². The van der Waals surface area contributed by atoms with Crippen molar-refractivity contribution in [3.8, 4) is 0 Å². The minimum absolute atomic E-state index is 0.159. The molecular formula is C11H15NO4. The van der Waals surface area contributed by atoms with Gasteiger partial charge in [0.15, 0.2) is 0 Å². The monoisotopic (exact) mass is 225 g/mol. The number of carbonyl (C=O) groups is 2. The number of aryl methyl sites for hydroxylation is 1. The van der Waals surface area contributed by atoms with E-state index in [2.05, 4.69) is 5.32 Å². The van der Waals surface area contributed by atoms with Gasteiger partial charge in [0.2, 0.25) is 5.91 Å². The molecule has 1 amide bonds. The predicted octanol–water partition coefficient (Wildman–Crippen LogP) is 1.05. The molecule has 1 unspecified atom stereocenters. The van der Waals surface area contributed by atoms with Crippen molar-refractivity contribution in [2.45, 2.75) is 19.8 Å². The van der Waals surface area contributed by atoms with Crippen molar-refractivity contribution in [3.63, 3.8) is 0 Å². The standard InChI is InChI=1S/C11H15NO4/c1-8(11(14)15)7-12-10(13)5-4-9-3-2-6-16-9/h2-3,6,8H,4-5,7H2,1H3,(H,12,13)(H,14,15). The van der Waals surface area contributed by atoms with Gasteiger partial charge in [0.25, 0.3) is 0 Å². The Hall–Kier alpha value is -1.78. The summed E-state index contributed by atoms with van der Waals surface area (Å²) in [4.78, 5) is 21.8. The normalized spacial score (nSPS) is 12.1. The van der Waals surface area contributed by atoms with Crippen molar-refractivity contribution < 1.29 is 19.1 Å². The second-order valence-corrected chi connectivity index (χ2v) is 3.62. The van der Waals surface area contributed by atoms with Crippen LogP contribution in [0.4, 0.5) is 0 Å². The van der Waals surface area contributed by atoms with E-state index in [0.29, 0.717) is 12.8 Å². The number of rotatable bonds is 6. The summed E-state index contributed by atoms with van der Waals surface area (Å²) >= 11 is 0. The molecule has 0 saturated carbocycles. The van der Waals surface area contributed by atoms with Crippen molar-refractivity contribution in [2.75, 3.05) is 6.54 Å². The molecule has 0 bridgehead atoms. The third kappa shape index (κ3) is 4.16. The van der Waals surface area contributed by atoms with Gasteiger partial charge in [0.05, 0.1) is 12.2 Å². The number of carbonyl (C=O) groups excluding carboxylic acids is 1. The van der Waals surface area contributed by atoms with Crippen molar-refractivity contribution >= 4 is 11.9 Å². The quantitative estimate of drug-likeness (QED) is 0.758. The first kappa shape index (κ1) is 12.3. The lowest BCUT2D eigenvalue weighted by Crippen LogP contribution is -2.31. The summed E-state index contributed by atoms with van der Waals surface area (Å²) in [5.74, 6) is -0.884. The van der Waals surface area contributed by atoms with Gasteiger partial charge in [-0.15, -0.1) is 0 Å². The molecule has 0 radical (unpaired) electrons. The van der Waals surface area contributed by atoms with Crippen molar-refractivity contribution in [3.05, 3.63) is 24.2 Å². The van der Waals surface area contributed by atoms with Crippen LogP contribution in [0.2, 0.25) is 0 Å². The number of aliphatic carboxylic acids is 1. The lowest BCUT2D eigenvalue weighted by molar-refractivity contribution is -0.141. The Bertz CT molecular complexity index is 345. The molecule has 1 heterocycles. The van der Waals surface area contributed by atoms with E-state index >= 15 is 0 Å². The zero-order valence-corrected chi connectivity index (χ0v) is 9.10. The van der Waals surface area contributed by atoms with Gasteiger partial charge in [-0.25, -0.2) is 0 Å². The highest BCUT2D eigenvalue weighted by atomic mass is 16.4. The van der Waals surface area contributed by atoms with Gasteiger partial charge < -0.3 is 14.8 Å². The highest BCUT2D eigenvalue weighted by molar-refractivity contribution is 5.77. The van der Waals surface area contributed by atoms with Crippen LogP contribution in [-0.2, 0) is 16.0 Å². The minimum Gasteiger partial charge on any atom is -0.481 e. The molecular weight excluding hydrogens is 210 g/mol. The first-order valence-electron chi connectivity index (χ1n) is 5.11. The fourth-order valence-electron chi connectivity index (χ4n) is 1.13. The fourth-order valence-corrected chi connectivity index (χ4v) is 1.13. The molecule has 0 aliphatic carbocycles. The Morgan fingerprint density at radius 2 is 2.31 bits per heavy atom. The van der Waals surface area contributed by atoms with Crippen LogP contribution in [0.3, 0.4) is 0 Å². The molecule has 1 aromatic heterocycles. The second-order valence-electron chi connectivity index (χ2n) is 3.62. The molecule has 0 spiro atoms.